The Morgan fingerprint density at radius 1 is 0.838 bits per heavy atom. The molecule has 0 atom stereocenters. The lowest BCUT2D eigenvalue weighted by Gasteiger charge is -2.46. The summed E-state index contributed by atoms with van der Waals surface area (Å²) < 4.78 is 33.4. The molecule has 2 aliphatic carbocycles. The van der Waals surface area contributed by atoms with E-state index in [0.717, 1.165) is 62.5 Å². The molecule has 0 saturated heterocycles. The number of ketones is 1. The summed E-state index contributed by atoms with van der Waals surface area (Å²) in [5.74, 6) is 0.441. The highest BCUT2D eigenvalue weighted by Crippen LogP contribution is 2.71. The average Bonchev–Trinajstić information content (AvgIpc) is 3.53. The largest absolute Gasteiger partial charge is 0.496 e. The molecule has 5 nitrogen and oxygen atoms in total. The number of rotatable bonds is 10. The Labute approximate surface area is 226 Å². The molecule has 2 fully saturated rings. The third-order valence-electron chi connectivity index (χ3n) is 8.58. The Morgan fingerprint density at radius 2 is 1.30 bits per heavy atom. The van der Waals surface area contributed by atoms with Crippen molar-refractivity contribution in [1.82, 2.24) is 0 Å². The van der Waals surface area contributed by atoms with Crippen molar-refractivity contribution in [1.29, 1.82) is 0 Å². The average molecular weight is 535 g/mol. The summed E-state index contributed by atoms with van der Waals surface area (Å²) in [5, 5.41) is -1.20. The molecule has 0 unspecified atom stereocenters. The van der Waals surface area contributed by atoms with E-state index in [2.05, 4.69) is 47.6 Å². The molecule has 3 rings (SSSR count). The summed E-state index contributed by atoms with van der Waals surface area (Å²) >= 11 is 0. The van der Waals surface area contributed by atoms with Crippen molar-refractivity contribution in [3.8, 4) is 5.75 Å². The second-order valence-corrected chi connectivity index (χ2v) is 15.3. The van der Waals surface area contributed by atoms with Crippen molar-refractivity contribution in [3.05, 3.63) is 28.8 Å². The van der Waals surface area contributed by atoms with Gasteiger partial charge in [-0.25, -0.2) is 0 Å². The van der Waals surface area contributed by atoms with E-state index in [9.17, 15) is 0 Å². The van der Waals surface area contributed by atoms with Crippen LogP contribution in [0.25, 0.3) is 0 Å². The highest BCUT2D eigenvalue weighted by molar-refractivity contribution is 7.57. The molecule has 0 radical (unpaired) electrons. The molecule has 1 aromatic rings. The second-order valence-electron chi connectivity index (χ2n) is 13.1. The first-order chi connectivity index (χ1) is 17.3. The summed E-state index contributed by atoms with van der Waals surface area (Å²) in [7, 11) is -2.18. The van der Waals surface area contributed by atoms with Gasteiger partial charge in [-0.05, 0) is 73.8 Å². The first kappa shape index (κ1) is 30.4. The molecule has 0 aliphatic heterocycles. The second kappa shape index (κ2) is 11.5. The van der Waals surface area contributed by atoms with Crippen molar-refractivity contribution < 1.29 is 23.1 Å². The number of benzene rings is 1. The van der Waals surface area contributed by atoms with Crippen molar-refractivity contribution in [2.45, 2.75) is 123 Å². The van der Waals surface area contributed by atoms with Gasteiger partial charge in [0.1, 0.15) is 10.9 Å². The minimum Gasteiger partial charge on any atom is -0.496 e. The fraction of sp³-hybridized carbons (Fsp3) is 0.774. The van der Waals surface area contributed by atoms with Gasteiger partial charge in [0.15, 0.2) is 5.78 Å². The lowest BCUT2D eigenvalue weighted by Crippen LogP contribution is -2.51. The SMILES string of the molecule is CCOP(=O)(OCC)C(C(=O)c1cc(C(C)(C)C)cc(C(C)(C)C)c1OC)(C1CCCC1)C1CCCC1. The van der Waals surface area contributed by atoms with Gasteiger partial charge < -0.3 is 13.8 Å². The van der Waals surface area contributed by atoms with Crippen LogP contribution in [0.15, 0.2) is 12.1 Å². The predicted octanol–water partition coefficient (Wildman–Crippen LogP) is 8.86. The normalized spacial score (nSPS) is 18.5. The highest BCUT2D eigenvalue weighted by Gasteiger charge is 2.65. The molecule has 0 bridgehead atoms. The van der Waals surface area contributed by atoms with Crippen LogP contribution in [-0.2, 0) is 24.4 Å². The molecular weight excluding hydrogens is 483 g/mol. The molecule has 0 heterocycles. The van der Waals surface area contributed by atoms with Crippen LogP contribution >= 0.6 is 7.60 Å². The fourth-order valence-electron chi connectivity index (χ4n) is 6.82. The third-order valence-corrected chi connectivity index (χ3v) is 11.6. The van der Waals surface area contributed by atoms with E-state index < -0.39 is 12.8 Å². The fourth-order valence-corrected chi connectivity index (χ4v) is 9.78. The topological polar surface area (TPSA) is 61.8 Å². The van der Waals surface area contributed by atoms with E-state index in [-0.39, 0.29) is 41.7 Å². The monoisotopic (exact) mass is 534 g/mol. The van der Waals surface area contributed by atoms with Crippen LogP contribution in [0.2, 0.25) is 0 Å². The summed E-state index contributed by atoms with van der Waals surface area (Å²) in [6.45, 7) is 17.2. The van der Waals surface area contributed by atoms with E-state index in [1.807, 2.05) is 19.9 Å². The smallest absolute Gasteiger partial charge is 0.345 e. The molecule has 2 aliphatic rings. The molecule has 210 valence electrons. The molecule has 2 saturated carbocycles. The van der Waals surface area contributed by atoms with Crippen molar-refractivity contribution in [2.24, 2.45) is 11.8 Å². The van der Waals surface area contributed by atoms with Crippen molar-refractivity contribution in [2.75, 3.05) is 20.3 Å². The quantitative estimate of drug-likeness (QED) is 0.222. The summed E-state index contributed by atoms with van der Waals surface area (Å²) in [6.07, 6.45) is 7.65. The minimum atomic E-state index is -3.83. The number of hydrogen-bond donors (Lipinski definition) is 0. The van der Waals surface area contributed by atoms with Gasteiger partial charge in [-0.3, -0.25) is 9.36 Å². The van der Waals surface area contributed by atoms with Gasteiger partial charge in [0.05, 0.1) is 25.9 Å². The van der Waals surface area contributed by atoms with Gasteiger partial charge in [0, 0.05) is 5.56 Å². The highest BCUT2D eigenvalue weighted by atomic mass is 31.2. The van der Waals surface area contributed by atoms with Crippen LogP contribution in [0.3, 0.4) is 0 Å². The summed E-state index contributed by atoms with van der Waals surface area (Å²) in [6, 6.07) is 4.20. The van der Waals surface area contributed by atoms with Crippen LogP contribution in [0.5, 0.6) is 5.75 Å². The van der Waals surface area contributed by atoms with Gasteiger partial charge >= 0.3 is 7.60 Å². The van der Waals surface area contributed by atoms with Crippen LogP contribution < -0.4 is 4.74 Å². The molecule has 37 heavy (non-hydrogen) atoms. The van der Waals surface area contributed by atoms with E-state index in [0.29, 0.717) is 11.3 Å². The van der Waals surface area contributed by atoms with Crippen LogP contribution in [0.4, 0.5) is 0 Å². The van der Waals surface area contributed by atoms with Gasteiger partial charge in [-0.2, -0.15) is 0 Å². The van der Waals surface area contributed by atoms with Crippen LogP contribution in [0.1, 0.15) is 128 Å². The number of carbonyl (C=O) groups excluding carboxylic acids is 1. The van der Waals surface area contributed by atoms with Crippen LogP contribution in [0, 0.1) is 11.8 Å². The summed E-state index contributed by atoms with van der Waals surface area (Å²) in [4.78, 5) is 15.4. The maximum Gasteiger partial charge on any atom is 0.345 e. The first-order valence-corrected chi connectivity index (χ1v) is 16.0. The predicted molar refractivity (Wildman–Crippen MR) is 152 cm³/mol. The zero-order chi connectivity index (χ0) is 27.6. The number of carbonyl (C=O) groups is 1. The third kappa shape index (κ3) is 5.61. The zero-order valence-corrected chi connectivity index (χ0v) is 25.8. The van der Waals surface area contributed by atoms with Gasteiger partial charge in [0.2, 0.25) is 0 Å². The number of methoxy groups -OCH3 is 1. The zero-order valence-electron chi connectivity index (χ0n) is 24.9. The van der Waals surface area contributed by atoms with E-state index in [4.69, 9.17) is 13.8 Å². The molecule has 0 amide bonds. The van der Waals surface area contributed by atoms with Gasteiger partial charge in [0.25, 0.3) is 0 Å². The molecule has 0 aromatic heterocycles. The molecule has 1 aromatic carbocycles. The molecule has 0 spiro atoms. The lowest BCUT2D eigenvalue weighted by atomic mass is 9.71. The first-order valence-electron chi connectivity index (χ1n) is 14.4. The summed E-state index contributed by atoms with van der Waals surface area (Å²) in [5.41, 5.74) is 2.21. The standard InChI is InChI=1S/C31H51O5P/c1-10-35-37(33,36-11-2)31(22-16-12-13-17-22,23-18-14-15-19-23)28(32)25-20-24(29(3,4)5)21-26(27(25)34-9)30(6,7)8/h20-23H,10-19H2,1-9H3. The lowest BCUT2D eigenvalue weighted by molar-refractivity contribution is 0.0760. The Hall–Kier alpha value is -1.16. The number of hydrogen-bond acceptors (Lipinski definition) is 5. The van der Waals surface area contributed by atoms with Crippen molar-refractivity contribution in [3.63, 3.8) is 0 Å². The van der Waals surface area contributed by atoms with E-state index >= 15 is 9.36 Å². The maximum absolute atomic E-state index is 15.4. The molecular formula is C31H51O5P. The van der Waals surface area contributed by atoms with E-state index in [1.165, 1.54) is 0 Å². The van der Waals surface area contributed by atoms with E-state index in [1.54, 1.807) is 7.11 Å². The van der Waals surface area contributed by atoms with Crippen LogP contribution in [-0.4, -0.2) is 31.3 Å². The maximum atomic E-state index is 15.4. The van der Waals surface area contributed by atoms with Crippen molar-refractivity contribution >= 4 is 13.4 Å². The Morgan fingerprint density at radius 3 is 1.65 bits per heavy atom. The Bertz CT molecular complexity index is 962. The molecule has 0 N–H and O–H groups in total. The molecule has 6 heteroatoms. The number of ether oxygens (including phenoxy) is 1. The van der Waals surface area contributed by atoms with Gasteiger partial charge in [-0.15, -0.1) is 0 Å². The minimum absolute atomic E-state index is 0.0341. The van der Waals surface area contributed by atoms with Gasteiger partial charge in [-0.1, -0.05) is 73.3 Å². The number of Topliss-reactive ketones (excluding diaryl/α,β-unsaturated/α-hetero) is 1. The Kier molecular flexibility index (Phi) is 9.46. The Balaban J connectivity index is 2.43.